The first-order chi connectivity index (χ1) is 9.02. The van der Waals surface area contributed by atoms with Crippen molar-refractivity contribution in [3.05, 3.63) is 33.5 Å². The normalized spacial score (nSPS) is 10.3. The van der Waals surface area contributed by atoms with E-state index in [0.717, 1.165) is 0 Å². The standard InChI is InChI=1S/C11H9Cl3N4O/c1-19-9-10(15)16-4-17-11(9)18-8-3-6(13)5(12)2-7(8)14/h2-4H,1H3,(H3,15,16,17,18). The number of hydrogen-bond acceptors (Lipinski definition) is 5. The van der Waals surface area contributed by atoms with Crippen LogP contribution in [0.4, 0.5) is 17.3 Å². The van der Waals surface area contributed by atoms with Gasteiger partial charge in [-0.15, -0.1) is 0 Å². The van der Waals surface area contributed by atoms with Gasteiger partial charge in [0.25, 0.3) is 0 Å². The molecule has 1 heterocycles. The number of halogens is 3. The average molecular weight is 320 g/mol. The molecule has 0 bridgehead atoms. The van der Waals surface area contributed by atoms with Gasteiger partial charge in [-0.25, -0.2) is 9.97 Å². The number of nitrogen functional groups attached to an aromatic ring is 1. The van der Waals surface area contributed by atoms with E-state index in [1.54, 1.807) is 6.07 Å². The summed E-state index contributed by atoms with van der Waals surface area (Å²) >= 11 is 17.9. The molecule has 0 aliphatic rings. The number of benzene rings is 1. The highest BCUT2D eigenvalue weighted by Crippen LogP contribution is 2.36. The van der Waals surface area contributed by atoms with Gasteiger partial charge in [0.2, 0.25) is 5.75 Å². The highest BCUT2D eigenvalue weighted by atomic mass is 35.5. The first-order valence-electron chi connectivity index (χ1n) is 5.09. The van der Waals surface area contributed by atoms with E-state index < -0.39 is 0 Å². The number of nitrogens with zero attached hydrogens (tertiary/aromatic N) is 2. The zero-order chi connectivity index (χ0) is 14.0. The van der Waals surface area contributed by atoms with Crippen LogP contribution in [0.1, 0.15) is 0 Å². The molecule has 0 aliphatic carbocycles. The maximum atomic E-state index is 6.07. The van der Waals surface area contributed by atoms with Crippen molar-refractivity contribution in [2.75, 3.05) is 18.2 Å². The molecule has 8 heteroatoms. The van der Waals surface area contributed by atoms with Crippen molar-refractivity contribution in [2.24, 2.45) is 0 Å². The van der Waals surface area contributed by atoms with E-state index >= 15 is 0 Å². The lowest BCUT2D eigenvalue weighted by Gasteiger charge is -2.12. The summed E-state index contributed by atoms with van der Waals surface area (Å²) in [5.74, 6) is 0.927. The van der Waals surface area contributed by atoms with Crippen LogP contribution < -0.4 is 15.8 Å². The SMILES string of the molecule is COc1c(N)ncnc1Nc1cc(Cl)c(Cl)cc1Cl. The Labute approximate surface area is 124 Å². The Morgan fingerprint density at radius 3 is 2.47 bits per heavy atom. The highest BCUT2D eigenvalue weighted by molar-refractivity contribution is 6.44. The number of hydrogen-bond donors (Lipinski definition) is 2. The minimum atomic E-state index is 0.219. The minimum Gasteiger partial charge on any atom is -0.490 e. The van der Waals surface area contributed by atoms with Gasteiger partial charge in [-0.2, -0.15) is 0 Å². The lowest BCUT2D eigenvalue weighted by Crippen LogP contribution is -2.03. The monoisotopic (exact) mass is 318 g/mol. The summed E-state index contributed by atoms with van der Waals surface area (Å²) in [5.41, 5.74) is 6.22. The third-order valence-corrected chi connectivity index (χ3v) is 3.33. The van der Waals surface area contributed by atoms with E-state index in [2.05, 4.69) is 15.3 Å². The second kappa shape index (κ2) is 5.69. The Hall–Kier alpha value is -1.43. The molecular formula is C11H9Cl3N4O. The molecule has 5 nitrogen and oxygen atoms in total. The third kappa shape index (κ3) is 2.94. The molecule has 100 valence electrons. The molecular weight excluding hydrogens is 311 g/mol. The zero-order valence-electron chi connectivity index (χ0n) is 9.75. The molecule has 2 rings (SSSR count). The van der Waals surface area contributed by atoms with Crippen molar-refractivity contribution in [3.8, 4) is 5.75 Å². The van der Waals surface area contributed by atoms with Crippen LogP contribution >= 0.6 is 34.8 Å². The summed E-state index contributed by atoms with van der Waals surface area (Å²) in [5, 5.41) is 4.10. The van der Waals surface area contributed by atoms with Gasteiger partial charge in [0.05, 0.1) is 27.9 Å². The van der Waals surface area contributed by atoms with Crippen LogP contribution in [0.25, 0.3) is 0 Å². The Bertz CT molecular complexity index is 621. The molecule has 0 fully saturated rings. The Balaban J connectivity index is 2.42. The van der Waals surface area contributed by atoms with E-state index in [9.17, 15) is 0 Å². The van der Waals surface area contributed by atoms with Crippen molar-refractivity contribution in [3.63, 3.8) is 0 Å². The predicted octanol–water partition coefficient (Wildman–Crippen LogP) is 3.77. The van der Waals surface area contributed by atoms with Gasteiger partial charge in [-0.3, -0.25) is 0 Å². The van der Waals surface area contributed by atoms with Crippen molar-refractivity contribution in [2.45, 2.75) is 0 Å². The summed E-state index contributed by atoms with van der Waals surface area (Å²) in [4.78, 5) is 7.86. The average Bonchev–Trinajstić information content (AvgIpc) is 2.36. The fraction of sp³-hybridized carbons (Fsp3) is 0.0909. The Morgan fingerprint density at radius 2 is 1.79 bits per heavy atom. The molecule has 1 aromatic heterocycles. The van der Waals surface area contributed by atoms with E-state index in [0.29, 0.717) is 32.3 Å². The van der Waals surface area contributed by atoms with Gasteiger partial charge >= 0.3 is 0 Å². The number of rotatable bonds is 3. The number of nitrogens with one attached hydrogen (secondary N) is 1. The fourth-order valence-corrected chi connectivity index (χ4v) is 2.02. The van der Waals surface area contributed by atoms with Crippen molar-refractivity contribution < 1.29 is 4.74 Å². The number of nitrogens with two attached hydrogens (primary N) is 1. The zero-order valence-corrected chi connectivity index (χ0v) is 12.0. The van der Waals surface area contributed by atoms with Gasteiger partial charge in [-0.1, -0.05) is 34.8 Å². The van der Waals surface area contributed by atoms with Gasteiger partial charge in [0.1, 0.15) is 6.33 Å². The molecule has 0 saturated heterocycles. The van der Waals surface area contributed by atoms with Crippen molar-refractivity contribution in [1.29, 1.82) is 0 Å². The number of methoxy groups -OCH3 is 1. The Morgan fingerprint density at radius 1 is 1.11 bits per heavy atom. The van der Waals surface area contributed by atoms with Crippen LogP contribution in [-0.4, -0.2) is 17.1 Å². The van der Waals surface area contributed by atoms with E-state index in [1.807, 2.05) is 0 Å². The molecule has 0 amide bonds. The Kier molecular flexibility index (Phi) is 4.19. The number of ether oxygens (including phenoxy) is 1. The first kappa shape index (κ1) is 14.0. The summed E-state index contributed by atoms with van der Waals surface area (Å²) in [7, 11) is 1.47. The highest BCUT2D eigenvalue weighted by Gasteiger charge is 2.12. The molecule has 19 heavy (non-hydrogen) atoms. The lowest BCUT2D eigenvalue weighted by atomic mass is 10.3. The topological polar surface area (TPSA) is 73.1 Å². The van der Waals surface area contributed by atoms with Gasteiger partial charge in [0.15, 0.2) is 11.6 Å². The molecule has 0 unspecified atom stereocenters. The molecule has 0 aliphatic heterocycles. The van der Waals surface area contributed by atoms with Crippen LogP contribution in [0.3, 0.4) is 0 Å². The lowest BCUT2D eigenvalue weighted by molar-refractivity contribution is 0.415. The smallest absolute Gasteiger partial charge is 0.204 e. The molecule has 0 saturated carbocycles. The number of aromatic nitrogens is 2. The van der Waals surface area contributed by atoms with Crippen LogP contribution in [0.5, 0.6) is 5.75 Å². The maximum absolute atomic E-state index is 6.07. The largest absolute Gasteiger partial charge is 0.490 e. The molecule has 3 N–H and O–H groups in total. The number of anilines is 3. The first-order valence-corrected chi connectivity index (χ1v) is 6.22. The summed E-state index contributed by atoms with van der Waals surface area (Å²) in [6, 6.07) is 3.12. The van der Waals surface area contributed by atoms with E-state index in [-0.39, 0.29) is 5.82 Å². The molecule has 0 radical (unpaired) electrons. The van der Waals surface area contributed by atoms with Crippen molar-refractivity contribution >= 4 is 52.1 Å². The summed E-state index contributed by atoms with van der Waals surface area (Å²) < 4.78 is 5.13. The van der Waals surface area contributed by atoms with Gasteiger partial charge in [-0.05, 0) is 12.1 Å². The van der Waals surface area contributed by atoms with Crippen LogP contribution in [0.2, 0.25) is 15.1 Å². The third-order valence-electron chi connectivity index (χ3n) is 2.30. The minimum absolute atomic E-state index is 0.219. The quantitative estimate of drug-likeness (QED) is 0.842. The predicted molar refractivity (Wildman–Crippen MR) is 77.8 cm³/mol. The van der Waals surface area contributed by atoms with Crippen LogP contribution in [0.15, 0.2) is 18.5 Å². The molecule has 2 aromatic rings. The van der Waals surface area contributed by atoms with Crippen molar-refractivity contribution in [1.82, 2.24) is 9.97 Å². The van der Waals surface area contributed by atoms with Gasteiger partial charge in [0, 0.05) is 0 Å². The van der Waals surface area contributed by atoms with Crippen LogP contribution in [0, 0.1) is 0 Å². The van der Waals surface area contributed by atoms with E-state index in [1.165, 1.54) is 19.5 Å². The maximum Gasteiger partial charge on any atom is 0.204 e. The molecule has 1 aromatic carbocycles. The molecule has 0 spiro atoms. The fourth-order valence-electron chi connectivity index (χ4n) is 1.42. The second-order valence-corrected chi connectivity index (χ2v) is 4.73. The summed E-state index contributed by atoms with van der Waals surface area (Å²) in [6.45, 7) is 0. The van der Waals surface area contributed by atoms with Crippen LogP contribution in [-0.2, 0) is 0 Å². The summed E-state index contributed by atoms with van der Waals surface area (Å²) in [6.07, 6.45) is 1.31. The van der Waals surface area contributed by atoms with E-state index in [4.69, 9.17) is 45.3 Å². The molecule has 0 atom stereocenters. The second-order valence-electron chi connectivity index (χ2n) is 3.51. The van der Waals surface area contributed by atoms with Gasteiger partial charge < -0.3 is 15.8 Å².